The lowest BCUT2D eigenvalue weighted by Crippen LogP contribution is -2.45. The number of rotatable bonds is 2. The van der Waals surface area contributed by atoms with E-state index in [2.05, 4.69) is 5.32 Å². The lowest BCUT2D eigenvalue weighted by molar-refractivity contribution is -0.133. The maximum Gasteiger partial charge on any atom is 0.243 e. The minimum atomic E-state index is -0.345. The Kier molecular flexibility index (Phi) is 2.49. The third-order valence-electron chi connectivity index (χ3n) is 3.43. The fourth-order valence-electron chi connectivity index (χ4n) is 2.06. The lowest BCUT2D eigenvalue weighted by atomic mass is 9.99. The second-order valence-corrected chi connectivity index (χ2v) is 4.31. The van der Waals surface area contributed by atoms with Crippen LogP contribution in [0.3, 0.4) is 0 Å². The van der Waals surface area contributed by atoms with Crippen LogP contribution in [0, 0.1) is 0 Å². The average molecular weight is 198 g/mol. The Morgan fingerprint density at radius 3 is 3.00 bits per heavy atom. The maximum absolute atomic E-state index is 12.1. The van der Waals surface area contributed by atoms with Crippen LogP contribution < -0.4 is 5.32 Å². The van der Waals surface area contributed by atoms with E-state index in [0.717, 1.165) is 19.4 Å². The summed E-state index contributed by atoms with van der Waals surface area (Å²) < 4.78 is 5.30. The summed E-state index contributed by atoms with van der Waals surface area (Å²) in [4.78, 5) is 14.0. The van der Waals surface area contributed by atoms with Gasteiger partial charge >= 0.3 is 0 Å². The second-order valence-electron chi connectivity index (χ2n) is 4.31. The topological polar surface area (TPSA) is 41.6 Å². The molecule has 2 saturated heterocycles. The van der Waals surface area contributed by atoms with Crippen molar-refractivity contribution in [3.63, 3.8) is 0 Å². The van der Waals surface area contributed by atoms with Crippen molar-refractivity contribution >= 4 is 5.91 Å². The van der Waals surface area contributed by atoms with Gasteiger partial charge in [-0.1, -0.05) is 6.92 Å². The summed E-state index contributed by atoms with van der Waals surface area (Å²) in [6, 6.07) is 0.295. The van der Waals surface area contributed by atoms with Crippen LogP contribution in [0.4, 0.5) is 0 Å². The molecule has 14 heavy (non-hydrogen) atoms. The number of nitrogens with one attached hydrogen (secondary N) is 1. The van der Waals surface area contributed by atoms with Crippen LogP contribution in [0.5, 0.6) is 0 Å². The first kappa shape index (κ1) is 9.93. The quantitative estimate of drug-likeness (QED) is 0.695. The first-order valence-corrected chi connectivity index (χ1v) is 5.31. The summed E-state index contributed by atoms with van der Waals surface area (Å²) in [5, 5.41) is 3.28. The van der Waals surface area contributed by atoms with Gasteiger partial charge in [0.2, 0.25) is 5.91 Å². The molecule has 4 heteroatoms. The molecule has 0 aromatic rings. The highest BCUT2D eigenvalue weighted by molar-refractivity contribution is 5.88. The summed E-state index contributed by atoms with van der Waals surface area (Å²) in [6.45, 7) is 6.19. The summed E-state index contributed by atoms with van der Waals surface area (Å²) in [5.41, 5.74) is -0.345. The first-order chi connectivity index (χ1) is 6.67. The van der Waals surface area contributed by atoms with E-state index < -0.39 is 0 Å². The van der Waals surface area contributed by atoms with Crippen molar-refractivity contribution in [3.05, 3.63) is 0 Å². The van der Waals surface area contributed by atoms with Crippen molar-refractivity contribution in [1.82, 2.24) is 10.2 Å². The molecule has 2 rings (SSSR count). The van der Waals surface area contributed by atoms with E-state index in [1.807, 2.05) is 18.7 Å². The zero-order valence-electron chi connectivity index (χ0n) is 8.88. The van der Waals surface area contributed by atoms with Gasteiger partial charge in [-0.25, -0.2) is 0 Å². The third-order valence-corrected chi connectivity index (χ3v) is 3.43. The molecule has 2 atom stereocenters. The Morgan fingerprint density at radius 1 is 1.71 bits per heavy atom. The molecular formula is C10H18N2O2. The van der Waals surface area contributed by atoms with Crippen LogP contribution in [-0.2, 0) is 9.53 Å². The Balaban J connectivity index is 2.06. The Morgan fingerprint density at radius 2 is 2.50 bits per heavy atom. The van der Waals surface area contributed by atoms with Crippen LogP contribution in [0.15, 0.2) is 0 Å². The molecule has 1 amide bonds. The highest BCUT2D eigenvalue weighted by Crippen LogP contribution is 2.23. The highest BCUT2D eigenvalue weighted by Gasteiger charge is 2.44. The summed E-state index contributed by atoms with van der Waals surface area (Å²) >= 11 is 0. The number of hydrogen-bond acceptors (Lipinski definition) is 3. The van der Waals surface area contributed by atoms with Crippen LogP contribution in [0.2, 0.25) is 0 Å². The molecule has 2 unspecified atom stereocenters. The molecule has 2 aliphatic heterocycles. The molecule has 0 aromatic heterocycles. The maximum atomic E-state index is 12.1. The Bertz CT molecular complexity index is 238. The second kappa shape index (κ2) is 3.51. The Labute approximate surface area is 84.6 Å². The molecule has 0 radical (unpaired) electrons. The van der Waals surface area contributed by atoms with Gasteiger partial charge in [-0.3, -0.25) is 10.1 Å². The van der Waals surface area contributed by atoms with Crippen molar-refractivity contribution < 1.29 is 9.53 Å². The molecule has 0 aromatic carbocycles. The molecular weight excluding hydrogens is 180 g/mol. The van der Waals surface area contributed by atoms with E-state index in [0.29, 0.717) is 19.3 Å². The van der Waals surface area contributed by atoms with Crippen molar-refractivity contribution in [2.45, 2.75) is 38.3 Å². The number of amides is 1. The van der Waals surface area contributed by atoms with E-state index in [4.69, 9.17) is 4.74 Å². The summed E-state index contributed by atoms with van der Waals surface area (Å²) in [5.74, 6) is 0.232. The number of hydrogen-bond donors (Lipinski definition) is 1. The molecule has 0 aliphatic carbocycles. The number of carbonyl (C=O) groups is 1. The predicted molar refractivity (Wildman–Crippen MR) is 52.8 cm³/mol. The minimum Gasteiger partial charge on any atom is -0.379 e. The number of carbonyl (C=O) groups excluding carboxylic acids is 1. The smallest absolute Gasteiger partial charge is 0.243 e. The first-order valence-electron chi connectivity index (χ1n) is 5.31. The summed E-state index contributed by atoms with van der Waals surface area (Å²) in [6.07, 6.45) is 1.82. The van der Waals surface area contributed by atoms with Gasteiger partial charge in [0.15, 0.2) is 0 Å². The van der Waals surface area contributed by atoms with E-state index in [1.165, 1.54) is 0 Å². The molecule has 2 fully saturated rings. The monoisotopic (exact) mass is 198 g/mol. The van der Waals surface area contributed by atoms with Crippen molar-refractivity contribution in [1.29, 1.82) is 0 Å². The molecule has 2 aliphatic rings. The molecule has 1 N–H and O–H groups in total. The van der Waals surface area contributed by atoms with Gasteiger partial charge in [0, 0.05) is 6.61 Å². The summed E-state index contributed by atoms with van der Waals surface area (Å²) in [7, 11) is 0. The SMILES string of the molecule is CCC1(C)NCN(C2CCOC2)C1=O. The fraction of sp³-hybridized carbons (Fsp3) is 0.900. The number of ether oxygens (including phenoxy) is 1. The molecule has 4 nitrogen and oxygen atoms in total. The van der Waals surface area contributed by atoms with Gasteiger partial charge in [-0.15, -0.1) is 0 Å². The van der Waals surface area contributed by atoms with E-state index in [-0.39, 0.29) is 11.4 Å². The Hall–Kier alpha value is -0.610. The van der Waals surface area contributed by atoms with E-state index in [9.17, 15) is 4.79 Å². The van der Waals surface area contributed by atoms with Gasteiger partial charge in [0.25, 0.3) is 0 Å². The predicted octanol–water partition coefficient (Wildman–Crippen LogP) is 0.333. The lowest BCUT2D eigenvalue weighted by Gasteiger charge is -2.24. The van der Waals surface area contributed by atoms with Crippen LogP contribution >= 0.6 is 0 Å². The largest absolute Gasteiger partial charge is 0.379 e. The van der Waals surface area contributed by atoms with E-state index >= 15 is 0 Å². The highest BCUT2D eigenvalue weighted by atomic mass is 16.5. The van der Waals surface area contributed by atoms with Gasteiger partial charge < -0.3 is 9.64 Å². The average Bonchev–Trinajstić information content (AvgIpc) is 2.78. The van der Waals surface area contributed by atoms with Crippen molar-refractivity contribution in [3.8, 4) is 0 Å². The fourth-order valence-corrected chi connectivity index (χ4v) is 2.06. The van der Waals surface area contributed by atoms with Gasteiger partial charge in [-0.05, 0) is 19.8 Å². The van der Waals surface area contributed by atoms with Gasteiger partial charge in [0.1, 0.15) is 0 Å². The minimum absolute atomic E-state index is 0.232. The van der Waals surface area contributed by atoms with Gasteiger partial charge in [0.05, 0.1) is 24.9 Å². The standard InChI is InChI=1S/C10H18N2O2/c1-3-10(2)9(13)12(7-11-10)8-4-5-14-6-8/h8,11H,3-7H2,1-2H3. The zero-order chi connectivity index (χ0) is 10.2. The molecule has 0 saturated carbocycles. The molecule has 80 valence electrons. The number of nitrogens with zero attached hydrogens (tertiary/aromatic N) is 1. The van der Waals surface area contributed by atoms with Crippen LogP contribution in [-0.4, -0.2) is 42.3 Å². The van der Waals surface area contributed by atoms with Crippen molar-refractivity contribution in [2.75, 3.05) is 19.9 Å². The third kappa shape index (κ3) is 1.42. The van der Waals surface area contributed by atoms with Gasteiger partial charge in [-0.2, -0.15) is 0 Å². The molecule has 0 bridgehead atoms. The molecule has 0 spiro atoms. The van der Waals surface area contributed by atoms with E-state index in [1.54, 1.807) is 0 Å². The molecule has 2 heterocycles. The zero-order valence-corrected chi connectivity index (χ0v) is 8.88. The van der Waals surface area contributed by atoms with Crippen LogP contribution in [0.1, 0.15) is 26.7 Å². The normalized spacial score (nSPS) is 38.3. The van der Waals surface area contributed by atoms with Crippen molar-refractivity contribution in [2.24, 2.45) is 0 Å². The van der Waals surface area contributed by atoms with Crippen LogP contribution in [0.25, 0.3) is 0 Å².